The first-order valence-electron chi connectivity index (χ1n) is 6.98. The van der Waals surface area contributed by atoms with Gasteiger partial charge in [-0.1, -0.05) is 6.92 Å². The summed E-state index contributed by atoms with van der Waals surface area (Å²) in [7, 11) is -3.36. The summed E-state index contributed by atoms with van der Waals surface area (Å²) in [6, 6.07) is 3.55. The van der Waals surface area contributed by atoms with Crippen molar-refractivity contribution >= 4 is 21.4 Å². The fourth-order valence-electron chi connectivity index (χ4n) is 2.13. The molecule has 0 bridgehead atoms. The summed E-state index contributed by atoms with van der Waals surface area (Å²) in [5.41, 5.74) is 0. The Kier molecular flexibility index (Phi) is 5.98. The molecule has 114 valence electrons. The molecule has 1 aliphatic rings. The Morgan fingerprint density at radius 1 is 1.45 bits per heavy atom. The average Bonchev–Trinajstić information content (AvgIpc) is 3.07. The van der Waals surface area contributed by atoms with Gasteiger partial charge in [-0.05, 0) is 37.4 Å². The lowest BCUT2D eigenvalue weighted by Gasteiger charge is -2.08. The summed E-state index contributed by atoms with van der Waals surface area (Å²) < 4.78 is 32.6. The van der Waals surface area contributed by atoms with Gasteiger partial charge in [0.15, 0.2) is 0 Å². The molecule has 1 atom stereocenters. The molecule has 0 spiro atoms. The predicted molar refractivity (Wildman–Crippen MR) is 80.4 cm³/mol. The Balaban J connectivity index is 1.83. The highest BCUT2D eigenvalue weighted by molar-refractivity contribution is 7.91. The fourth-order valence-corrected chi connectivity index (χ4v) is 4.54. The molecule has 1 fully saturated rings. The lowest BCUT2D eigenvalue weighted by molar-refractivity contribution is 0.184. The van der Waals surface area contributed by atoms with Crippen LogP contribution in [0.15, 0.2) is 16.3 Å². The Bertz CT molecular complexity index is 507. The molecule has 5 nitrogen and oxygen atoms in total. The van der Waals surface area contributed by atoms with Crippen LogP contribution < -0.4 is 10.0 Å². The van der Waals surface area contributed by atoms with Crippen molar-refractivity contribution in [2.24, 2.45) is 5.92 Å². The van der Waals surface area contributed by atoms with E-state index in [2.05, 4.69) is 10.0 Å². The molecule has 1 aromatic rings. The first-order valence-corrected chi connectivity index (χ1v) is 9.28. The molecule has 1 unspecified atom stereocenters. The number of thiophene rings is 1. The van der Waals surface area contributed by atoms with Crippen molar-refractivity contribution in [3.05, 3.63) is 17.0 Å². The maximum atomic E-state index is 12.1. The normalized spacial score (nSPS) is 19.6. The molecule has 7 heteroatoms. The van der Waals surface area contributed by atoms with Crippen molar-refractivity contribution in [1.82, 2.24) is 10.0 Å². The van der Waals surface area contributed by atoms with E-state index in [9.17, 15) is 8.42 Å². The van der Waals surface area contributed by atoms with Crippen molar-refractivity contribution in [1.29, 1.82) is 0 Å². The lowest BCUT2D eigenvalue weighted by Crippen LogP contribution is -2.25. The molecule has 1 saturated heterocycles. The highest BCUT2D eigenvalue weighted by Crippen LogP contribution is 2.22. The molecule has 2 N–H and O–H groups in total. The number of hydrogen-bond acceptors (Lipinski definition) is 5. The van der Waals surface area contributed by atoms with Gasteiger partial charge in [-0.3, -0.25) is 0 Å². The van der Waals surface area contributed by atoms with E-state index < -0.39 is 10.0 Å². The molecule has 1 aromatic heterocycles. The Labute approximate surface area is 124 Å². The monoisotopic (exact) mass is 318 g/mol. The van der Waals surface area contributed by atoms with E-state index in [1.807, 2.05) is 13.0 Å². The van der Waals surface area contributed by atoms with Gasteiger partial charge in [0, 0.05) is 31.2 Å². The van der Waals surface area contributed by atoms with E-state index >= 15 is 0 Å². The highest BCUT2D eigenvalue weighted by atomic mass is 32.2. The summed E-state index contributed by atoms with van der Waals surface area (Å²) in [5.74, 6) is 0.491. The van der Waals surface area contributed by atoms with E-state index in [-0.39, 0.29) is 0 Å². The molecule has 0 radical (unpaired) electrons. The van der Waals surface area contributed by atoms with Crippen LogP contribution in [0.25, 0.3) is 0 Å². The number of rotatable bonds is 8. The van der Waals surface area contributed by atoms with Gasteiger partial charge < -0.3 is 10.1 Å². The first kappa shape index (κ1) is 15.9. The third kappa shape index (κ3) is 4.53. The largest absolute Gasteiger partial charge is 0.381 e. The van der Waals surface area contributed by atoms with Gasteiger partial charge in [-0.2, -0.15) is 0 Å². The number of hydrogen-bond donors (Lipinski definition) is 2. The van der Waals surface area contributed by atoms with Crippen LogP contribution in [0.5, 0.6) is 0 Å². The van der Waals surface area contributed by atoms with E-state index in [1.165, 1.54) is 11.3 Å². The fraction of sp³-hybridized carbons (Fsp3) is 0.692. The standard InChI is InChI=1S/C13H22N2O3S2/c1-2-14-9-12-3-4-13(19-12)20(16,17)15-7-5-11-6-8-18-10-11/h3-4,11,14-15H,2,5-10H2,1H3. The first-order chi connectivity index (χ1) is 9.62. The minimum atomic E-state index is -3.36. The molecule has 20 heavy (non-hydrogen) atoms. The number of nitrogens with one attached hydrogen (secondary N) is 2. The Morgan fingerprint density at radius 2 is 2.30 bits per heavy atom. The van der Waals surface area contributed by atoms with Crippen LogP contribution in [0, 0.1) is 5.92 Å². The second-order valence-electron chi connectivity index (χ2n) is 4.92. The predicted octanol–water partition coefficient (Wildman–Crippen LogP) is 1.56. The van der Waals surface area contributed by atoms with Gasteiger partial charge in [0.05, 0.1) is 0 Å². The molecule has 1 aliphatic heterocycles. The van der Waals surface area contributed by atoms with Gasteiger partial charge in [0.1, 0.15) is 4.21 Å². The molecule has 0 aromatic carbocycles. The SMILES string of the molecule is CCNCc1ccc(S(=O)(=O)NCCC2CCOC2)s1. The topological polar surface area (TPSA) is 67.4 Å². The van der Waals surface area contributed by atoms with Gasteiger partial charge in [0.25, 0.3) is 0 Å². The maximum Gasteiger partial charge on any atom is 0.250 e. The quantitative estimate of drug-likeness (QED) is 0.763. The second kappa shape index (κ2) is 7.51. The summed E-state index contributed by atoms with van der Waals surface area (Å²) >= 11 is 1.32. The van der Waals surface area contributed by atoms with Crippen molar-refractivity contribution < 1.29 is 13.2 Å². The zero-order valence-electron chi connectivity index (χ0n) is 11.7. The molecule has 2 rings (SSSR count). The zero-order chi connectivity index (χ0) is 14.4. The van der Waals surface area contributed by atoms with Gasteiger partial charge >= 0.3 is 0 Å². The Morgan fingerprint density at radius 3 is 3.00 bits per heavy atom. The number of ether oxygens (including phenoxy) is 1. The minimum Gasteiger partial charge on any atom is -0.381 e. The lowest BCUT2D eigenvalue weighted by atomic mass is 10.1. The molecule has 2 heterocycles. The van der Waals surface area contributed by atoms with Crippen molar-refractivity contribution in [2.45, 2.75) is 30.5 Å². The van der Waals surface area contributed by atoms with Crippen LogP contribution in [0.2, 0.25) is 0 Å². The third-order valence-electron chi connectivity index (χ3n) is 3.32. The Hall–Kier alpha value is -0.470. The van der Waals surface area contributed by atoms with Crippen molar-refractivity contribution in [3.8, 4) is 0 Å². The molecule has 0 amide bonds. The van der Waals surface area contributed by atoms with Crippen molar-refractivity contribution in [2.75, 3.05) is 26.3 Å². The molecule has 0 aliphatic carbocycles. The molecular formula is C13H22N2O3S2. The van der Waals surface area contributed by atoms with Crippen LogP contribution in [-0.2, 0) is 21.3 Å². The summed E-state index contributed by atoms with van der Waals surface area (Å²) in [5, 5.41) is 3.19. The summed E-state index contributed by atoms with van der Waals surface area (Å²) in [6.45, 7) is 5.66. The van der Waals surface area contributed by atoms with Gasteiger partial charge in [-0.15, -0.1) is 11.3 Å². The summed E-state index contributed by atoms with van der Waals surface area (Å²) in [6.07, 6.45) is 1.88. The maximum absolute atomic E-state index is 12.1. The zero-order valence-corrected chi connectivity index (χ0v) is 13.4. The third-order valence-corrected chi connectivity index (χ3v) is 6.36. The molecular weight excluding hydrogens is 296 g/mol. The van der Waals surface area contributed by atoms with Gasteiger partial charge in [-0.25, -0.2) is 13.1 Å². The molecule has 0 saturated carbocycles. The van der Waals surface area contributed by atoms with Crippen LogP contribution in [-0.4, -0.2) is 34.7 Å². The van der Waals surface area contributed by atoms with Crippen LogP contribution >= 0.6 is 11.3 Å². The van der Waals surface area contributed by atoms with Crippen LogP contribution in [0.1, 0.15) is 24.6 Å². The highest BCUT2D eigenvalue weighted by Gasteiger charge is 2.19. The van der Waals surface area contributed by atoms with E-state index in [0.717, 1.165) is 44.0 Å². The second-order valence-corrected chi connectivity index (χ2v) is 8.08. The summed E-state index contributed by atoms with van der Waals surface area (Å²) in [4.78, 5) is 1.04. The van der Waals surface area contributed by atoms with Crippen LogP contribution in [0.4, 0.5) is 0 Å². The van der Waals surface area contributed by atoms with Gasteiger partial charge in [0.2, 0.25) is 10.0 Å². The van der Waals surface area contributed by atoms with E-state index in [0.29, 0.717) is 16.7 Å². The van der Waals surface area contributed by atoms with E-state index in [1.54, 1.807) is 6.07 Å². The van der Waals surface area contributed by atoms with Crippen LogP contribution in [0.3, 0.4) is 0 Å². The minimum absolute atomic E-state index is 0.396. The smallest absolute Gasteiger partial charge is 0.250 e. The van der Waals surface area contributed by atoms with E-state index in [4.69, 9.17) is 4.74 Å². The average molecular weight is 318 g/mol. The number of sulfonamides is 1. The van der Waals surface area contributed by atoms with Crippen molar-refractivity contribution in [3.63, 3.8) is 0 Å².